The molecule has 0 amide bonds. The Morgan fingerprint density at radius 2 is 2.05 bits per heavy atom. The fourth-order valence-corrected chi connectivity index (χ4v) is 3.01. The lowest BCUT2D eigenvalue weighted by Crippen LogP contribution is -2.37. The van der Waals surface area contributed by atoms with Gasteiger partial charge in [-0.3, -0.25) is 0 Å². The van der Waals surface area contributed by atoms with Gasteiger partial charge in [0.05, 0.1) is 18.8 Å². The van der Waals surface area contributed by atoms with Gasteiger partial charge in [0.25, 0.3) is 0 Å². The summed E-state index contributed by atoms with van der Waals surface area (Å²) in [7, 11) is 0. The number of hydrogen-bond donors (Lipinski definition) is 2. The molecule has 2 heterocycles. The molecule has 104 valence electrons. The second-order valence-corrected chi connectivity index (χ2v) is 5.56. The van der Waals surface area contributed by atoms with Gasteiger partial charge >= 0.3 is 0 Å². The molecule has 5 nitrogen and oxygen atoms in total. The Bertz CT molecular complexity index is 469. The number of nitrogens with one attached hydrogen (secondary N) is 1. The third-order valence-corrected chi connectivity index (χ3v) is 4.10. The Balaban J connectivity index is 1.84. The fraction of sp³-hybridized carbons (Fsp3) is 0.692. The Hall–Kier alpha value is -1.07. The highest BCUT2D eigenvalue weighted by Crippen LogP contribution is 2.35. The number of ether oxygens (including phenoxy) is 1. The van der Waals surface area contributed by atoms with Crippen molar-refractivity contribution in [1.82, 2.24) is 10.2 Å². The van der Waals surface area contributed by atoms with Crippen LogP contribution in [-0.4, -0.2) is 34.1 Å². The average Bonchev–Trinajstić information content (AvgIpc) is 2.44. The molecular weight excluding hydrogens is 266 g/mol. The lowest BCUT2D eigenvalue weighted by atomic mass is 9.92. The van der Waals surface area contributed by atoms with Crippen molar-refractivity contribution in [3.63, 3.8) is 0 Å². The molecule has 1 fully saturated rings. The minimum Gasteiger partial charge on any atom is -0.490 e. The zero-order valence-electron chi connectivity index (χ0n) is 10.7. The quantitative estimate of drug-likeness (QED) is 0.871. The van der Waals surface area contributed by atoms with Crippen molar-refractivity contribution < 1.29 is 9.84 Å². The number of aromatic nitrogens is 2. The minimum absolute atomic E-state index is 0.0512. The molecule has 0 aromatic carbocycles. The van der Waals surface area contributed by atoms with Crippen LogP contribution >= 0.6 is 11.6 Å². The average molecular weight is 284 g/mol. The van der Waals surface area contributed by atoms with Crippen LogP contribution in [0, 0.1) is 0 Å². The van der Waals surface area contributed by atoms with Crippen molar-refractivity contribution >= 4 is 17.4 Å². The molecule has 2 atom stereocenters. The van der Waals surface area contributed by atoms with Crippen LogP contribution in [0.1, 0.15) is 37.7 Å². The molecule has 1 aliphatic heterocycles. The molecule has 3 rings (SSSR count). The molecule has 19 heavy (non-hydrogen) atoms. The number of anilines is 1. The van der Waals surface area contributed by atoms with E-state index < -0.39 is 0 Å². The van der Waals surface area contributed by atoms with E-state index in [4.69, 9.17) is 16.3 Å². The van der Waals surface area contributed by atoms with Gasteiger partial charge < -0.3 is 15.2 Å². The van der Waals surface area contributed by atoms with E-state index >= 15 is 0 Å². The summed E-state index contributed by atoms with van der Waals surface area (Å²) in [5.74, 6) is 1.36. The standard InChI is InChI=1S/C13H18ClN3O2/c14-12-11-8(4-3-7-19-11)13(17-16-12)15-9-5-1-2-6-10(9)18/h9-10,18H,1-7H2,(H,15,17)/t9-,10-/m1/s1. The second kappa shape index (κ2) is 5.51. The summed E-state index contributed by atoms with van der Waals surface area (Å²) in [5, 5.41) is 21.7. The van der Waals surface area contributed by atoms with E-state index in [2.05, 4.69) is 15.5 Å². The van der Waals surface area contributed by atoms with E-state index in [1.54, 1.807) is 0 Å². The lowest BCUT2D eigenvalue weighted by Gasteiger charge is -2.30. The van der Waals surface area contributed by atoms with Crippen LogP contribution < -0.4 is 10.1 Å². The molecule has 0 saturated heterocycles. The summed E-state index contributed by atoms with van der Waals surface area (Å²) in [4.78, 5) is 0. The largest absolute Gasteiger partial charge is 0.490 e. The van der Waals surface area contributed by atoms with Crippen LogP contribution in [-0.2, 0) is 6.42 Å². The monoisotopic (exact) mass is 283 g/mol. The normalized spacial score (nSPS) is 26.4. The maximum absolute atomic E-state index is 10.0. The molecule has 0 unspecified atom stereocenters. The fourth-order valence-electron chi connectivity index (χ4n) is 2.80. The first-order valence-corrected chi connectivity index (χ1v) is 7.26. The first-order chi connectivity index (χ1) is 9.25. The number of fused-ring (bicyclic) bond motifs is 1. The van der Waals surface area contributed by atoms with Gasteiger partial charge in [-0.25, -0.2) is 0 Å². The van der Waals surface area contributed by atoms with E-state index in [0.29, 0.717) is 23.3 Å². The smallest absolute Gasteiger partial charge is 0.194 e. The molecule has 0 bridgehead atoms. The van der Waals surface area contributed by atoms with Crippen molar-refractivity contribution in [2.45, 2.75) is 50.7 Å². The van der Waals surface area contributed by atoms with E-state index in [0.717, 1.165) is 44.1 Å². The topological polar surface area (TPSA) is 67.3 Å². The van der Waals surface area contributed by atoms with Crippen molar-refractivity contribution in [2.75, 3.05) is 11.9 Å². The van der Waals surface area contributed by atoms with Crippen LogP contribution in [0.3, 0.4) is 0 Å². The van der Waals surface area contributed by atoms with Crippen LogP contribution in [0.4, 0.5) is 5.82 Å². The molecule has 1 aliphatic carbocycles. The minimum atomic E-state index is -0.314. The molecule has 1 aromatic rings. The summed E-state index contributed by atoms with van der Waals surface area (Å²) in [6, 6.07) is 0.0512. The third-order valence-electron chi connectivity index (χ3n) is 3.85. The maximum atomic E-state index is 10.0. The van der Waals surface area contributed by atoms with Gasteiger partial charge in [-0.15, -0.1) is 10.2 Å². The molecule has 1 aromatic heterocycles. The Labute approximate surface area is 117 Å². The van der Waals surface area contributed by atoms with E-state index in [9.17, 15) is 5.11 Å². The molecule has 2 N–H and O–H groups in total. The first-order valence-electron chi connectivity index (χ1n) is 6.88. The predicted octanol–water partition coefficient (Wildman–Crippen LogP) is 2.17. The first kappa shape index (κ1) is 12.9. The highest BCUT2D eigenvalue weighted by molar-refractivity contribution is 6.31. The number of nitrogens with zero attached hydrogens (tertiary/aromatic N) is 2. The number of aliphatic hydroxyl groups excluding tert-OH is 1. The SMILES string of the molecule is O[C@@H]1CCCC[C@H]1Nc1nnc(Cl)c2c1CCCO2. The predicted molar refractivity (Wildman–Crippen MR) is 72.7 cm³/mol. The summed E-state index contributed by atoms with van der Waals surface area (Å²) in [5.41, 5.74) is 0.990. The zero-order valence-corrected chi connectivity index (χ0v) is 11.5. The van der Waals surface area contributed by atoms with Crippen LogP contribution in [0.25, 0.3) is 0 Å². The van der Waals surface area contributed by atoms with Crippen molar-refractivity contribution in [1.29, 1.82) is 0 Å². The van der Waals surface area contributed by atoms with Gasteiger partial charge in [0.15, 0.2) is 16.7 Å². The van der Waals surface area contributed by atoms with Crippen LogP contribution in [0.2, 0.25) is 5.15 Å². The van der Waals surface area contributed by atoms with Gasteiger partial charge in [0, 0.05) is 5.56 Å². The van der Waals surface area contributed by atoms with Gasteiger partial charge in [-0.1, -0.05) is 24.4 Å². The third kappa shape index (κ3) is 2.62. The number of halogens is 1. The van der Waals surface area contributed by atoms with Crippen molar-refractivity contribution in [2.24, 2.45) is 0 Å². The molecule has 0 radical (unpaired) electrons. The summed E-state index contributed by atoms with van der Waals surface area (Å²) in [6.07, 6.45) is 5.55. The highest BCUT2D eigenvalue weighted by Gasteiger charge is 2.26. The Morgan fingerprint density at radius 3 is 2.89 bits per heavy atom. The summed E-state index contributed by atoms with van der Waals surface area (Å²) < 4.78 is 5.57. The Morgan fingerprint density at radius 1 is 1.21 bits per heavy atom. The molecular formula is C13H18ClN3O2. The maximum Gasteiger partial charge on any atom is 0.194 e. The number of rotatable bonds is 2. The number of hydrogen-bond acceptors (Lipinski definition) is 5. The molecule has 2 aliphatic rings. The Kier molecular flexibility index (Phi) is 3.75. The van der Waals surface area contributed by atoms with Gasteiger partial charge in [-0.05, 0) is 25.7 Å². The van der Waals surface area contributed by atoms with Gasteiger partial charge in [-0.2, -0.15) is 0 Å². The van der Waals surface area contributed by atoms with E-state index in [1.807, 2.05) is 0 Å². The summed E-state index contributed by atoms with van der Waals surface area (Å²) >= 11 is 6.01. The van der Waals surface area contributed by atoms with E-state index in [-0.39, 0.29) is 12.1 Å². The van der Waals surface area contributed by atoms with Gasteiger partial charge in [0.2, 0.25) is 0 Å². The van der Waals surface area contributed by atoms with Crippen LogP contribution in [0.15, 0.2) is 0 Å². The molecule has 6 heteroatoms. The van der Waals surface area contributed by atoms with E-state index in [1.165, 1.54) is 0 Å². The number of aliphatic hydroxyl groups is 1. The molecule has 1 saturated carbocycles. The lowest BCUT2D eigenvalue weighted by molar-refractivity contribution is 0.116. The highest BCUT2D eigenvalue weighted by atomic mass is 35.5. The second-order valence-electron chi connectivity index (χ2n) is 5.20. The van der Waals surface area contributed by atoms with Gasteiger partial charge in [0.1, 0.15) is 0 Å². The van der Waals surface area contributed by atoms with Crippen molar-refractivity contribution in [3.05, 3.63) is 10.7 Å². The zero-order chi connectivity index (χ0) is 13.2. The molecule has 0 spiro atoms. The van der Waals surface area contributed by atoms with Crippen molar-refractivity contribution in [3.8, 4) is 5.75 Å². The van der Waals surface area contributed by atoms with Crippen LogP contribution in [0.5, 0.6) is 5.75 Å². The summed E-state index contributed by atoms with van der Waals surface area (Å²) in [6.45, 7) is 0.671.